The molecule has 0 aliphatic heterocycles. The monoisotopic (exact) mass is 254 g/mol. The highest BCUT2D eigenvalue weighted by Gasteiger charge is 2.09. The third-order valence-corrected chi connectivity index (χ3v) is 2.61. The van der Waals surface area contributed by atoms with Gasteiger partial charge >= 0.3 is 0 Å². The summed E-state index contributed by atoms with van der Waals surface area (Å²) in [7, 11) is 0. The topological polar surface area (TPSA) is 65.2 Å². The van der Waals surface area contributed by atoms with E-state index in [4.69, 9.17) is 15.9 Å². The van der Waals surface area contributed by atoms with Crippen LogP contribution in [0.3, 0.4) is 0 Å². The lowest BCUT2D eigenvalue weighted by Crippen LogP contribution is -2.19. The molecule has 3 nitrogen and oxygen atoms in total. The Hall–Kier alpha value is -0.840. The Kier molecular flexibility index (Phi) is 2.58. The number of hydrogen-bond donors (Lipinski definition) is 2. The molecule has 1 heterocycles. The highest BCUT2D eigenvalue weighted by Crippen LogP contribution is 2.25. The van der Waals surface area contributed by atoms with Crippen LogP contribution in [0.15, 0.2) is 33.2 Å². The summed E-state index contributed by atoms with van der Waals surface area (Å²) in [6.45, 7) is 0.390. The Morgan fingerprint density at radius 3 is 2.86 bits per heavy atom. The molecule has 0 amide bonds. The molecule has 0 radical (unpaired) electrons. The second kappa shape index (κ2) is 3.73. The van der Waals surface area contributed by atoms with Gasteiger partial charge in [0.2, 0.25) is 0 Å². The molecule has 0 spiro atoms. The van der Waals surface area contributed by atoms with Gasteiger partial charge in [-0.3, -0.25) is 0 Å². The van der Waals surface area contributed by atoms with E-state index in [-0.39, 0.29) is 6.04 Å². The molecule has 2 rings (SSSR count). The summed E-state index contributed by atoms with van der Waals surface area (Å²) >= 11 is 3.40. The fourth-order valence-corrected chi connectivity index (χ4v) is 1.71. The molecule has 0 bridgehead atoms. The predicted octanol–water partition coefficient (Wildman–Crippen LogP) is 2.15. The molecule has 0 aliphatic rings. The van der Waals surface area contributed by atoms with E-state index >= 15 is 0 Å². The number of furan rings is 1. The molecule has 0 fully saturated rings. The van der Waals surface area contributed by atoms with E-state index in [1.54, 1.807) is 0 Å². The van der Waals surface area contributed by atoms with Crippen molar-refractivity contribution in [3.63, 3.8) is 0 Å². The van der Waals surface area contributed by atoms with Crippen molar-refractivity contribution >= 4 is 26.9 Å². The summed E-state index contributed by atoms with van der Waals surface area (Å²) in [6.07, 6.45) is 0. The van der Waals surface area contributed by atoms with Crippen molar-refractivity contribution in [1.29, 1.82) is 0 Å². The molecular weight excluding hydrogens is 244 g/mol. The van der Waals surface area contributed by atoms with Crippen LogP contribution in [0, 0.1) is 0 Å². The molecule has 0 saturated carbocycles. The number of benzene rings is 1. The average molecular weight is 255 g/mol. The Morgan fingerprint density at radius 2 is 2.14 bits per heavy atom. The third kappa shape index (κ3) is 1.68. The van der Waals surface area contributed by atoms with Gasteiger partial charge in [0, 0.05) is 16.4 Å². The van der Waals surface area contributed by atoms with Gasteiger partial charge in [0.25, 0.3) is 0 Å². The minimum absolute atomic E-state index is 0.221. The van der Waals surface area contributed by atoms with Crippen LogP contribution in [0.5, 0.6) is 0 Å². The van der Waals surface area contributed by atoms with Gasteiger partial charge < -0.3 is 15.9 Å². The van der Waals surface area contributed by atoms with Crippen LogP contribution in [0.2, 0.25) is 0 Å². The molecule has 0 aliphatic carbocycles. The lowest BCUT2D eigenvalue weighted by molar-refractivity contribution is 0.500. The molecule has 2 aromatic rings. The molecule has 1 aromatic heterocycles. The van der Waals surface area contributed by atoms with E-state index in [0.29, 0.717) is 6.54 Å². The number of fused-ring (bicyclic) bond motifs is 1. The zero-order valence-corrected chi connectivity index (χ0v) is 9.12. The van der Waals surface area contributed by atoms with Gasteiger partial charge in [0.1, 0.15) is 11.3 Å². The molecule has 0 unspecified atom stereocenters. The van der Waals surface area contributed by atoms with Crippen LogP contribution in [-0.4, -0.2) is 6.54 Å². The summed E-state index contributed by atoms with van der Waals surface area (Å²) in [5.74, 6) is 0.737. The zero-order chi connectivity index (χ0) is 10.1. The minimum atomic E-state index is -0.221. The second-order valence-electron chi connectivity index (χ2n) is 3.17. The first-order valence-corrected chi connectivity index (χ1v) is 5.14. The molecule has 4 heteroatoms. The average Bonchev–Trinajstić information content (AvgIpc) is 2.59. The van der Waals surface area contributed by atoms with Crippen molar-refractivity contribution in [2.75, 3.05) is 6.54 Å². The summed E-state index contributed by atoms with van der Waals surface area (Å²) < 4.78 is 6.58. The highest BCUT2D eigenvalue weighted by molar-refractivity contribution is 9.10. The maximum atomic E-state index is 5.77. The fraction of sp³-hybridized carbons (Fsp3) is 0.200. The SMILES string of the molecule is NC[C@H](N)c1cc2cc(Br)ccc2o1. The van der Waals surface area contributed by atoms with E-state index in [0.717, 1.165) is 21.2 Å². The molecular formula is C10H11BrN2O. The van der Waals surface area contributed by atoms with Crippen molar-refractivity contribution in [2.24, 2.45) is 11.5 Å². The normalized spacial score (nSPS) is 13.4. The Bertz CT molecular complexity index is 452. The standard InChI is InChI=1S/C10H11BrN2O/c11-7-1-2-9-6(3-7)4-10(14-9)8(13)5-12/h1-4,8H,5,12-13H2/t8-/m0/s1. The van der Waals surface area contributed by atoms with Gasteiger partial charge in [-0.1, -0.05) is 15.9 Å². The van der Waals surface area contributed by atoms with E-state index in [2.05, 4.69) is 15.9 Å². The Labute approximate surface area is 90.2 Å². The van der Waals surface area contributed by atoms with Crippen molar-refractivity contribution in [3.05, 3.63) is 34.5 Å². The smallest absolute Gasteiger partial charge is 0.134 e. The van der Waals surface area contributed by atoms with Crippen LogP contribution < -0.4 is 11.5 Å². The highest BCUT2D eigenvalue weighted by atomic mass is 79.9. The first-order chi connectivity index (χ1) is 6.70. The van der Waals surface area contributed by atoms with Gasteiger partial charge in [-0.05, 0) is 24.3 Å². The Morgan fingerprint density at radius 1 is 1.36 bits per heavy atom. The molecule has 1 aromatic carbocycles. The van der Waals surface area contributed by atoms with Crippen LogP contribution in [0.4, 0.5) is 0 Å². The maximum Gasteiger partial charge on any atom is 0.134 e. The number of rotatable bonds is 2. The first kappa shape index (κ1) is 9.71. The summed E-state index contributed by atoms with van der Waals surface area (Å²) in [5.41, 5.74) is 12.1. The van der Waals surface area contributed by atoms with Gasteiger partial charge in [-0.2, -0.15) is 0 Å². The van der Waals surface area contributed by atoms with E-state index in [9.17, 15) is 0 Å². The zero-order valence-electron chi connectivity index (χ0n) is 7.53. The van der Waals surface area contributed by atoms with Crippen LogP contribution in [0.1, 0.15) is 11.8 Å². The fourth-order valence-electron chi connectivity index (χ4n) is 1.33. The maximum absolute atomic E-state index is 5.77. The number of hydrogen-bond acceptors (Lipinski definition) is 3. The van der Waals surface area contributed by atoms with E-state index < -0.39 is 0 Å². The second-order valence-corrected chi connectivity index (χ2v) is 4.09. The third-order valence-electron chi connectivity index (χ3n) is 2.12. The van der Waals surface area contributed by atoms with Crippen LogP contribution in [-0.2, 0) is 0 Å². The van der Waals surface area contributed by atoms with Crippen LogP contribution in [0.25, 0.3) is 11.0 Å². The summed E-state index contributed by atoms with van der Waals surface area (Å²) in [4.78, 5) is 0. The van der Waals surface area contributed by atoms with E-state index in [1.165, 1.54) is 0 Å². The Balaban J connectivity index is 2.51. The quantitative estimate of drug-likeness (QED) is 0.864. The van der Waals surface area contributed by atoms with Crippen molar-refractivity contribution in [1.82, 2.24) is 0 Å². The van der Waals surface area contributed by atoms with Crippen molar-refractivity contribution in [3.8, 4) is 0 Å². The summed E-state index contributed by atoms with van der Waals surface area (Å²) in [5, 5.41) is 1.04. The van der Waals surface area contributed by atoms with Crippen molar-refractivity contribution in [2.45, 2.75) is 6.04 Å². The molecule has 1 atom stereocenters. The van der Waals surface area contributed by atoms with Gasteiger partial charge in [-0.25, -0.2) is 0 Å². The largest absolute Gasteiger partial charge is 0.459 e. The van der Waals surface area contributed by atoms with Crippen molar-refractivity contribution < 1.29 is 4.42 Å². The molecule has 0 saturated heterocycles. The van der Waals surface area contributed by atoms with Gasteiger partial charge in [0.15, 0.2) is 0 Å². The minimum Gasteiger partial charge on any atom is -0.459 e. The van der Waals surface area contributed by atoms with E-state index in [1.807, 2.05) is 24.3 Å². The molecule has 74 valence electrons. The predicted molar refractivity (Wildman–Crippen MR) is 59.9 cm³/mol. The van der Waals surface area contributed by atoms with Gasteiger partial charge in [0.05, 0.1) is 6.04 Å². The lowest BCUT2D eigenvalue weighted by atomic mass is 10.2. The first-order valence-electron chi connectivity index (χ1n) is 4.35. The molecule has 14 heavy (non-hydrogen) atoms. The molecule has 4 N–H and O–H groups in total. The van der Waals surface area contributed by atoms with Gasteiger partial charge in [-0.15, -0.1) is 0 Å². The summed E-state index contributed by atoms with van der Waals surface area (Å²) in [6, 6.07) is 7.54. The number of nitrogens with two attached hydrogens (primary N) is 2. The van der Waals surface area contributed by atoms with Crippen LogP contribution >= 0.6 is 15.9 Å². The lowest BCUT2D eigenvalue weighted by Gasteiger charge is -2.02. The number of halogens is 1.